The van der Waals surface area contributed by atoms with Crippen LogP contribution < -0.4 is 4.90 Å². The Balaban J connectivity index is 2.20. The fraction of sp³-hybridized carbons (Fsp3) is 0.571. The number of hydrogen-bond acceptors (Lipinski definition) is 2. The minimum absolute atomic E-state index is 0.187. The summed E-state index contributed by atoms with van der Waals surface area (Å²) in [6.45, 7) is 7.54. The summed E-state index contributed by atoms with van der Waals surface area (Å²) in [6.07, 6.45) is 0.589. The molecule has 3 heteroatoms. The van der Waals surface area contributed by atoms with Crippen LogP contribution in [-0.4, -0.2) is 24.3 Å². The summed E-state index contributed by atoms with van der Waals surface area (Å²) in [6, 6.07) is 4.97. The molecule has 1 N–H and O–H groups in total. The lowest BCUT2D eigenvalue weighted by atomic mass is 9.87. The van der Waals surface area contributed by atoms with Crippen LogP contribution in [0.4, 0.5) is 10.1 Å². The highest BCUT2D eigenvalue weighted by Gasteiger charge is 2.30. The van der Waals surface area contributed by atoms with Gasteiger partial charge >= 0.3 is 0 Å². The van der Waals surface area contributed by atoms with E-state index in [0.717, 1.165) is 25.2 Å². The van der Waals surface area contributed by atoms with Crippen LogP contribution in [0, 0.1) is 11.2 Å². The third-order valence-electron chi connectivity index (χ3n) is 3.77. The number of hydrogen-bond donors (Lipinski definition) is 1. The van der Waals surface area contributed by atoms with Gasteiger partial charge in [-0.25, -0.2) is 4.39 Å². The zero-order valence-corrected chi connectivity index (χ0v) is 10.7. The second kappa shape index (κ2) is 4.30. The maximum Gasteiger partial charge on any atom is 0.125 e. The predicted molar refractivity (Wildman–Crippen MR) is 67.8 cm³/mol. The van der Waals surface area contributed by atoms with Crippen LogP contribution in [-0.2, 0) is 6.42 Å². The Kier molecular flexibility index (Phi) is 3.13. The molecule has 0 saturated heterocycles. The van der Waals surface area contributed by atoms with Crippen molar-refractivity contribution in [2.24, 2.45) is 5.41 Å². The van der Waals surface area contributed by atoms with Crippen LogP contribution in [0.2, 0.25) is 0 Å². The van der Waals surface area contributed by atoms with E-state index < -0.39 is 0 Å². The lowest BCUT2D eigenvalue weighted by Gasteiger charge is -2.34. The molecule has 0 radical (unpaired) electrons. The highest BCUT2D eigenvalue weighted by molar-refractivity contribution is 5.58. The van der Waals surface area contributed by atoms with Crippen LogP contribution >= 0.6 is 0 Å². The largest absolute Gasteiger partial charge is 0.393 e. The molecule has 0 fully saturated rings. The molecular formula is C14H20FNO. The minimum atomic E-state index is -0.375. The first-order valence-electron chi connectivity index (χ1n) is 6.11. The number of anilines is 1. The first-order chi connectivity index (χ1) is 7.90. The van der Waals surface area contributed by atoms with Crippen molar-refractivity contribution >= 4 is 5.69 Å². The molecule has 0 bridgehead atoms. The van der Waals surface area contributed by atoms with Crippen LogP contribution in [0.1, 0.15) is 26.3 Å². The van der Waals surface area contributed by atoms with Gasteiger partial charge in [0.05, 0.1) is 6.10 Å². The van der Waals surface area contributed by atoms with Gasteiger partial charge < -0.3 is 10.0 Å². The average Bonchev–Trinajstić information content (AvgIpc) is 2.60. The van der Waals surface area contributed by atoms with Crippen LogP contribution in [0.5, 0.6) is 0 Å². The molecule has 2 nitrogen and oxygen atoms in total. The van der Waals surface area contributed by atoms with Gasteiger partial charge in [-0.1, -0.05) is 19.9 Å². The number of benzene rings is 1. The highest BCUT2D eigenvalue weighted by Crippen LogP contribution is 2.32. The summed E-state index contributed by atoms with van der Waals surface area (Å²) in [5.41, 5.74) is 2.00. The van der Waals surface area contributed by atoms with Crippen molar-refractivity contribution in [3.05, 3.63) is 29.6 Å². The summed E-state index contributed by atoms with van der Waals surface area (Å²) >= 11 is 0. The van der Waals surface area contributed by atoms with Gasteiger partial charge in [0, 0.05) is 24.2 Å². The monoisotopic (exact) mass is 237 g/mol. The molecule has 0 amide bonds. The van der Waals surface area contributed by atoms with Crippen LogP contribution in [0.15, 0.2) is 18.2 Å². The Bertz CT molecular complexity index is 415. The van der Waals surface area contributed by atoms with Gasteiger partial charge in [-0.3, -0.25) is 0 Å². The zero-order chi connectivity index (χ0) is 12.6. The van der Waals surface area contributed by atoms with E-state index in [2.05, 4.69) is 4.90 Å². The average molecular weight is 237 g/mol. The number of halogens is 1. The van der Waals surface area contributed by atoms with E-state index in [9.17, 15) is 9.50 Å². The Morgan fingerprint density at radius 2 is 2.18 bits per heavy atom. The fourth-order valence-electron chi connectivity index (χ4n) is 2.21. The summed E-state index contributed by atoms with van der Waals surface area (Å²) in [5.74, 6) is -0.189. The first kappa shape index (κ1) is 12.4. The molecule has 94 valence electrons. The number of fused-ring (bicyclic) bond motifs is 1. The van der Waals surface area contributed by atoms with Crippen molar-refractivity contribution in [2.75, 3.05) is 18.0 Å². The van der Waals surface area contributed by atoms with E-state index >= 15 is 0 Å². The summed E-state index contributed by atoms with van der Waals surface area (Å²) in [5, 5.41) is 9.74. The van der Waals surface area contributed by atoms with Crippen molar-refractivity contribution in [3.63, 3.8) is 0 Å². The van der Waals surface area contributed by atoms with Crippen molar-refractivity contribution < 1.29 is 9.50 Å². The lowest BCUT2D eigenvalue weighted by molar-refractivity contribution is 0.0713. The molecule has 1 aliphatic rings. The molecule has 17 heavy (non-hydrogen) atoms. The van der Waals surface area contributed by atoms with Gasteiger partial charge in [0.1, 0.15) is 5.82 Å². The summed E-state index contributed by atoms with van der Waals surface area (Å²) in [7, 11) is 0. The SMILES string of the molecule is CC(O)C(C)(C)CN1CCc2ccc(F)cc21. The van der Waals surface area contributed by atoms with Gasteiger partial charge in [0.25, 0.3) is 0 Å². The maximum atomic E-state index is 13.3. The number of aliphatic hydroxyl groups is 1. The molecule has 1 aromatic carbocycles. The summed E-state index contributed by atoms with van der Waals surface area (Å²) in [4.78, 5) is 2.17. The maximum absolute atomic E-state index is 13.3. The van der Waals surface area contributed by atoms with Crippen molar-refractivity contribution in [1.29, 1.82) is 0 Å². The van der Waals surface area contributed by atoms with E-state index in [0.29, 0.717) is 0 Å². The molecule has 2 rings (SSSR count). The lowest BCUT2D eigenvalue weighted by Crippen LogP contribution is -2.39. The van der Waals surface area contributed by atoms with E-state index in [-0.39, 0.29) is 17.3 Å². The number of rotatable bonds is 3. The van der Waals surface area contributed by atoms with Crippen molar-refractivity contribution in [1.82, 2.24) is 0 Å². The molecule has 1 heterocycles. The molecule has 0 saturated carbocycles. The third-order valence-corrected chi connectivity index (χ3v) is 3.77. The molecular weight excluding hydrogens is 217 g/mol. The quantitative estimate of drug-likeness (QED) is 0.873. The Morgan fingerprint density at radius 1 is 1.47 bits per heavy atom. The first-order valence-corrected chi connectivity index (χ1v) is 6.11. The van der Waals surface area contributed by atoms with Crippen LogP contribution in [0.3, 0.4) is 0 Å². The second-order valence-electron chi connectivity index (χ2n) is 5.61. The molecule has 1 aliphatic heterocycles. The predicted octanol–water partition coefficient (Wildman–Crippen LogP) is 2.60. The van der Waals surface area contributed by atoms with Gasteiger partial charge in [-0.05, 0) is 31.0 Å². The van der Waals surface area contributed by atoms with E-state index in [1.165, 1.54) is 11.6 Å². The fourth-order valence-corrected chi connectivity index (χ4v) is 2.21. The molecule has 1 atom stereocenters. The van der Waals surface area contributed by atoms with E-state index in [1.54, 1.807) is 6.07 Å². The molecule has 0 aliphatic carbocycles. The van der Waals surface area contributed by atoms with Gasteiger partial charge in [0.2, 0.25) is 0 Å². The zero-order valence-electron chi connectivity index (χ0n) is 10.7. The standard InChI is InChI=1S/C14H20FNO/c1-10(17)14(2,3)9-16-7-6-11-4-5-12(15)8-13(11)16/h4-5,8,10,17H,6-7,9H2,1-3H3. The van der Waals surface area contributed by atoms with E-state index in [4.69, 9.17) is 0 Å². The number of aliphatic hydroxyl groups excluding tert-OH is 1. The molecule has 0 aromatic heterocycles. The Morgan fingerprint density at radius 3 is 2.82 bits per heavy atom. The normalized spacial score (nSPS) is 17.1. The topological polar surface area (TPSA) is 23.5 Å². The molecule has 1 aromatic rings. The molecule has 0 spiro atoms. The summed E-state index contributed by atoms with van der Waals surface area (Å²) < 4.78 is 13.3. The van der Waals surface area contributed by atoms with Gasteiger partial charge in [-0.2, -0.15) is 0 Å². The van der Waals surface area contributed by atoms with Gasteiger partial charge in [-0.15, -0.1) is 0 Å². The van der Waals surface area contributed by atoms with Crippen LogP contribution in [0.25, 0.3) is 0 Å². The Hall–Kier alpha value is -1.09. The number of nitrogens with zero attached hydrogens (tertiary/aromatic N) is 1. The van der Waals surface area contributed by atoms with E-state index in [1.807, 2.05) is 26.8 Å². The third kappa shape index (κ3) is 2.44. The molecule has 1 unspecified atom stereocenters. The van der Waals surface area contributed by atoms with Gasteiger partial charge in [0.15, 0.2) is 0 Å². The van der Waals surface area contributed by atoms with Crippen molar-refractivity contribution in [2.45, 2.75) is 33.3 Å². The Labute approximate surface area is 102 Å². The van der Waals surface area contributed by atoms with Crippen molar-refractivity contribution in [3.8, 4) is 0 Å². The minimum Gasteiger partial charge on any atom is -0.393 e. The highest BCUT2D eigenvalue weighted by atomic mass is 19.1. The smallest absolute Gasteiger partial charge is 0.125 e. The second-order valence-corrected chi connectivity index (χ2v) is 5.61.